The highest BCUT2D eigenvalue weighted by molar-refractivity contribution is 7.93. The lowest BCUT2D eigenvalue weighted by molar-refractivity contribution is 0.0604. The summed E-state index contributed by atoms with van der Waals surface area (Å²) >= 11 is 0. The van der Waals surface area contributed by atoms with Gasteiger partial charge >= 0.3 is 0 Å². The zero-order valence-electron chi connectivity index (χ0n) is 72.9. The summed E-state index contributed by atoms with van der Waals surface area (Å²) < 4.78 is 144. The van der Waals surface area contributed by atoms with Crippen LogP contribution in [-0.2, 0) is 104 Å². The van der Waals surface area contributed by atoms with E-state index < -0.39 is 40.1 Å². The topological polar surface area (TPSA) is 295 Å². The van der Waals surface area contributed by atoms with E-state index in [2.05, 4.69) is 53.2 Å². The third-order valence-electron chi connectivity index (χ3n) is 25.3. The van der Waals surface area contributed by atoms with E-state index in [1.54, 1.807) is 86.1 Å². The monoisotopic (exact) mass is 1780 g/mol. The molecule has 6 aliphatic rings. The average Bonchev–Trinajstić information content (AvgIpc) is 1.38. The molecular weight excluding hydrogens is 1660 g/mol. The number of aromatic amines is 1. The molecule has 3 N–H and O–H groups in total. The Labute approximate surface area is 737 Å². The Hall–Kier alpha value is -9.72. The van der Waals surface area contributed by atoms with Crippen LogP contribution in [0.25, 0.3) is 43.6 Å². The minimum absolute atomic E-state index is 0.00872. The van der Waals surface area contributed by atoms with Crippen molar-refractivity contribution < 1.29 is 52.6 Å². The average molecular weight is 1780 g/mol. The van der Waals surface area contributed by atoms with E-state index in [-0.39, 0.29) is 22.8 Å². The van der Waals surface area contributed by atoms with E-state index in [1.807, 2.05) is 143 Å². The number of hydrogen-bond acceptors (Lipinski definition) is 17. The molecule has 0 amide bonds. The Morgan fingerprint density at radius 1 is 0.392 bits per heavy atom. The Morgan fingerprint density at radius 3 is 1.11 bits per heavy atom. The van der Waals surface area contributed by atoms with Crippen LogP contribution in [0.3, 0.4) is 0 Å². The van der Waals surface area contributed by atoms with Crippen LogP contribution in [0.2, 0.25) is 0 Å². The number of aryl methyl sites for hydroxylation is 4. The van der Waals surface area contributed by atoms with Gasteiger partial charge < -0.3 is 24.7 Å². The third-order valence-corrected chi connectivity index (χ3v) is 32.5. The van der Waals surface area contributed by atoms with Gasteiger partial charge in [0.2, 0.25) is 0 Å². The molecule has 29 heteroatoms. The van der Waals surface area contributed by atoms with Crippen LogP contribution < -0.4 is 23.0 Å². The van der Waals surface area contributed by atoms with E-state index in [0.717, 1.165) is 213 Å². The second-order valence-electron chi connectivity index (χ2n) is 34.6. The van der Waals surface area contributed by atoms with Crippen molar-refractivity contribution >= 4 is 112 Å². The highest BCUT2D eigenvalue weighted by Gasteiger charge is 2.37. The van der Waals surface area contributed by atoms with Crippen molar-refractivity contribution in [2.75, 3.05) is 95.4 Å². The van der Waals surface area contributed by atoms with Crippen molar-refractivity contribution in [2.24, 2.45) is 35.5 Å². The van der Waals surface area contributed by atoms with E-state index in [1.165, 1.54) is 26.6 Å². The number of fused-ring (bicyclic) bond motifs is 4. The number of hydrogen-bond donors (Lipinski definition) is 2. The molecular formula is C96H121N13O12S4. The highest BCUT2D eigenvalue weighted by Crippen LogP contribution is 2.39. The number of rotatable bonds is 29. The van der Waals surface area contributed by atoms with Gasteiger partial charge in [-0.1, -0.05) is 103 Å². The summed E-state index contributed by atoms with van der Waals surface area (Å²) in [6, 6.07) is 52.5. The van der Waals surface area contributed by atoms with Gasteiger partial charge in [-0.05, 0) is 269 Å². The number of sulfonamides is 4. The second-order valence-corrected chi connectivity index (χ2v) is 42.0. The number of nitrogen functional groups attached to an aromatic ring is 1. The van der Waals surface area contributed by atoms with Crippen LogP contribution in [-0.4, -0.2) is 152 Å². The van der Waals surface area contributed by atoms with Gasteiger partial charge in [-0.3, -0.25) is 36.4 Å². The SMILES string of the molecule is CCc1ccc(N(C2CCCC2)S(=O)(=O)c2ccc3c(cnn3CC3CCOCC3)c2)cc1.CCc1ccc(N(CC(C)C)S(=O)(=O)c2ccc3[nH]nc(N)c3c2)cc1.CCc1ccc(N(CC2CC2)S(=O)(=O)c2ccc3c(cnn3CC3CCOCC3)c2)cc1.CCc1ccc(N(CC2CCOC2)S(=O)(=O)c2ccc3c(cnn3CC3CCOCC3)c2)cc1. The summed E-state index contributed by atoms with van der Waals surface area (Å²) in [5, 5.41) is 23.6. The van der Waals surface area contributed by atoms with Crippen LogP contribution in [0.15, 0.2) is 208 Å². The molecule has 0 radical (unpaired) electrons. The molecule has 4 aliphatic heterocycles. The lowest BCUT2D eigenvalue weighted by Gasteiger charge is -2.30. The van der Waals surface area contributed by atoms with Gasteiger partial charge in [0.05, 0.1) is 89.6 Å². The second kappa shape index (κ2) is 40.5. The van der Waals surface area contributed by atoms with Crippen LogP contribution >= 0.6 is 0 Å². The van der Waals surface area contributed by atoms with Crippen molar-refractivity contribution in [3.05, 3.63) is 211 Å². The van der Waals surface area contributed by atoms with Gasteiger partial charge in [-0.2, -0.15) is 20.4 Å². The summed E-state index contributed by atoms with van der Waals surface area (Å²) in [5.74, 6) is 2.74. The van der Waals surface area contributed by atoms with Crippen molar-refractivity contribution in [2.45, 2.75) is 196 Å². The molecule has 12 aromatic rings. The zero-order chi connectivity index (χ0) is 87.4. The van der Waals surface area contributed by atoms with Gasteiger partial charge in [-0.15, -0.1) is 0 Å². The van der Waals surface area contributed by atoms with Gasteiger partial charge in [0.25, 0.3) is 40.1 Å². The summed E-state index contributed by atoms with van der Waals surface area (Å²) in [4.78, 5) is 1.17. The van der Waals surface area contributed by atoms with Gasteiger partial charge in [0, 0.05) is 119 Å². The van der Waals surface area contributed by atoms with Crippen LogP contribution in [0.4, 0.5) is 28.6 Å². The Morgan fingerprint density at radius 2 is 0.736 bits per heavy atom. The molecule has 1 unspecified atom stereocenters. The van der Waals surface area contributed by atoms with Crippen LogP contribution in [0, 0.1) is 35.5 Å². The normalized spacial score (nSPS) is 17.2. The summed E-state index contributed by atoms with van der Waals surface area (Å²) in [7, 11) is -14.8. The smallest absolute Gasteiger partial charge is 0.264 e. The predicted octanol–water partition coefficient (Wildman–Crippen LogP) is 17.6. The number of nitrogens with two attached hydrogens (primary N) is 1. The minimum atomic E-state index is -3.75. The lowest BCUT2D eigenvalue weighted by Crippen LogP contribution is -2.39. The number of ether oxygens (including phenoxy) is 4. The number of nitrogens with zero attached hydrogens (tertiary/aromatic N) is 11. The fraction of sp³-hybridized carbons (Fsp3) is 0.458. The van der Waals surface area contributed by atoms with Crippen LogP contribution in [0.5, 0.6) is 0 Å². The van der Waals surface area contributed by atoms with Crippen molar-refractivity contribution in [1.82, 2.24) is 39.5 Å². The van der Waals surface area contributed by atoms with Gasteiger partial charge in [0.1, 0.15) is 0 Å². The quantitative estimate of drug-likeness (QED) is 0.0440. The van der Waals surface area contributed by atoms with Crippen molar-refractivity contribution in [1.29, 1.82) is 0 Å². The first-order valence-electron chi connectivity index (χ1n) is 44.9. The summed E-state index contributed by atoms with van der Waals surface area (Å²) in [5.41, 5.74) is 17.1. The maximum Gasteiger partial charge on any atom is 0.264 e. The number of aromatic nitrogens is 8. The van der Waals surface area contributed by atoms with Crippen molar-refractivity contribution in [3.8, 4) is 0 Å². The molecule has 125 heavy (non-hydrogen) atoms. The first-order valence-corrected chi connectivity index (χ1v) is 50.6. The van der Waals surface area contributed by atoms with E-state index in [9.17, 15) is 33.7 Å². The highest BCUT2D eigenvalue weighted by atomic mass is 32.2. The zero-order valence-corrected chi connectivity index (χ0v) is 76.2. The number of benzene rings is 8. The fourth-order valence-electron chi connectivity index (χ4n) is 17.4. The Kier molecular flexibility index (Phi) is 29.2. The minimum Gasteiger partial charge on any atom is -0.382 e. The molecule has 0 bridgehead atoms. The lowest BCUT2D eigenvalue weighted by atomic mass is 10.0. The molecule has 0 spiro atoms. The Bertz CT molecular complexity index is 6070. The Balaban J connectivity index is 0.000000129. The number of H-pyrrole nitrogens is 1. The molecule has 8 aromatic carbocycles. The molecule has 6 fully saturated rings. The molecule has 18 rings (SSSR count). The maximum absolute atomic E-state index is 13.9. The fourth-order valence-corrected chi connectivity index (χ4v) is 24.0. The molecule has 2 aliphatic carbocycles. The molecule has 2 saturated carbocycles. The number of nitrogens with one attached hydrogen (secondary N) is 1. The summed E-state index contributed by atoms with van der Waals surface area (Å²) in [6.07, 6.45) is 22.3. The van der Waals surface area contributed by atoms with Crippen molar-refractivity contribution in [3.63, 3.8) is 0 Å². The first kappa shape index (κ1) is 90.1. The maximum atomic E-state index is 13.9. The van der Waals surface area contributed by atoms with E-state index in [4.69, 9.17) is 24.7 Å². The molecule has 4 saturated heterocycles. The molecule has 8 heterocycles. The predicted molar refractivity (Wildman–Crippen MR) is 496 cm³/mol. The molecule has 1 atom stereocenters. The molecule has 25 nitrogen and oxygen atoms in total. The van der Waals surface area contributed by atoms with E-state index in [0.29, 0.717) is 99.3 Å². The molecule has 4 aromatic heterocycles. The number of anilines is 5. The molecule has 666 valence electrons. The van der Waals surface area contributed by atoms with Gasteiger partial charge in [-0.25, -0.2) is 33.7 Å². The van der Waals surface area contributed by atoms with Gasteiger partial charge in [0.15, 0.2) is 5.82 Å². The van der Waals surface area contributed by atoms with Crippen LogP contribution in [0.1, 0.15) is 147 Å². The third kappa shape index (κ3) is 21.4. The van der Waals surface area contributed by atoms with E-state index >= 15 is 0 Å². The largest absolute Gasteiger partial charge is 0.382 e. The summed E-state index contributed by atoms with van der Waals surface area (Å²) in [6.45, 7) is 22.3. The standard InChI is InChI=1S/C26H33N3O4S.C26H33N3O3S.C25H31N3O3S.C19H24N4O2S/c1-2-20-3-5-24(6-4-20)29(18-22-11-14-33-19-22)34(30,31)25-7-8-26-23(15-25)16-27-28(26)17-21-9-12-32-13-10-21;1-2-20-7-9-24(10-8-20)29(23-5-3-4-6-23)33(30,31)25-11-12-26-22(17-25)18-27-28(26)19-21-13-15-32-16-14-21;1-2-19-5-7-23(8-6-19)28(18-20-3-4-20)32(29,30)24-9-10-25-22(15-24)16-26-27(25)17-21-11-13-31-14-12-21;1-4-14-5-7-15(8-6-14)23(12-13(2)3)26(24,25)16-9-10-18-17(11-16)19(20)22-21-18/h3-8,15-16,21-22H,2,9-14,17-19H2,1H3;7-12,17-18,21,23H,2-6,13-16,19H2,1H3;5-10,15-16,20-21H,2-4,11-14,17-18H2,1H3;5-11,13H,4,12H2,1-3H3,(H3,20,21,22). The first-order chi connectivity index (χ1) is 60.5.